The zero-order chi connectivity index (χ0) is 39.0. The Morgan fingerprint density at radius 3 is 1.66 bits per heavy atom. The molecule has 0 fully saturated rings. The number of hydrogen-bond acceptors (Lipinski definition) is 2. The van der Waals surface area contributed by atoms with E-state index >= 15 is 0 Å². The molecule has 0 amide bonds. The molecule has 0 aliphatic heterocycles. The fraction of sp³-hybridized carbons (Fsp3) is 0.0526. The lowest BCUT2D eigenvalue weighted by Gasteiger charge is -2.21. The highest BCUT2D eigenvalue weighted by atomic mass is 32.1. The van der Waals surface area contributed by atoms with Crippen LogP contribution in [0.2, 0.25) is 0 Å². The van der Waals surface area contributed by atoms with Crippen LogP contribution in [-0.2, 0) is 5.41 Å². The molecule has 0 atom stereocenters. The summed E-state index contributed by atoms with van der Waals surface area (Å²) in [6.45, 7) is 4.74. The summed E-state index contributed by atoms with van der Waals surface area (Å²) in [5.74, 6) is 0. The molecule has 0 radical (unpaired) electrons. The lowest BCUT2D eigenvalue weighted by atomic mass is 9.82. The summed E-state index contributed by atoms with van der Waals surface area (Å²) < 4.78 is 8.96. The summed E-state index contributed by atoms with van der Waals surface area (Å²) >= 11 is 1.95. The summed E-state index contributed by atoms with van der Waals surface area (Å²) in [7, 11) is 0. The van der Waals surface area contributed by atoms with Crippen LogP contribution in [0.15, 0.2) is 186 Å². The van der Waals surface area contributed by atoms with Crippen molar-refractivity contribution in [2.75, 3.05) is 0 Å². The van der Waals surface area contributed by atoms with Crippen molar-refractivity contribution < 1.29 is 4.42 Å². The van der Waals surface area contributed by atoms with E-state index in [9.17, 15) is 0 Å². The fourth-order valence-corrected chi connectivity index (χ4v) is 11.9. The predicted octanol–water partition coefficient (Wildman–Crippen LogP) is 16.7. The topological polar surface area (TPSA) is 13.1 Å². The first-order valence-corrected chi connectivity index (χ1v) is 21.3. The molecule has 0 spiro atoms. The molecule has 1 aliphatic rings. The van der Waals surface area contributed by atoms with Gasteiger partial charge in [0.25, 0.3) is 0 Å². The van der Waals surface area contributed by atoms with E-state index in [-0.39, 0.29) is 5.41 Å². The summed E-state index contributed by atoms with van der Waals surface area (Å²) in [5.41, 5.74) is 14.9. The van der Waals surface area contributed by atoms with Crippen LogP contribution in [0.1, 0.15) is 25.0 Å². The largest absolute Gasteiger partial charge is 0.456 e. The maximum Gasteiger partial charge on any atom is 0.135 e. The van der Waals surface area contributed by atoms with Crippen molar-refractivity contribution in [3.63, 3.8) is 0 Å². The summed E-state index contributed by atoms with van der Waals surface area (Å²) in [5, 5.41) is 12.6. The smallest absolute Gasteiger partial charge is 0.135 e. The second-order valence-corrected chi connectivity index (χ2v) is 17.8. The van der Waals surface area contributed by atoms with Crippen LogP contribution in [0, 0.1) is 0 Å². The lowest BCUT2D eigenvalue weighted by Crippen LogP contribution is -2.14. The van der Waals surface area contributed by atoms with E-state index in [1.807, 2.05) is 17.4 Å². The standard InChI is InChI=1S/C57H36OS/c1-57(2)47-21-11-9-20-43(47)55-48(57)29-28-44-54-38-15-4-3-13-36(38)45(32-51(54)59-56(44)55)33-23-25-34(26-24-33)52-39-16-5-7-18-41(39)53(42-19-8-6-17-40(42)52)35-27-30-50-46(31-35)37-14-10-12-22-49(37)58-50/h3-32H,1-2H3. The van der Waals surface area contributed by atoms with E-state index in [4.69, 9.17) is 4.42 Å². The van der Waals surface area contributed by atoms with Crippen molar-refractivity contribution in [1.82, 2.24) is 0 Å². The minimum atomic E-state index is -0.0217. The number of furan rings is 1. The molecular weight excluding hydrogens is 733 g/mol. The Labute approximate surface area is 345 Å². The van der Waals surface area contributed by atoms with Gasteiger partial charge in [0, 0.05) is 41.9 Å². The third-order valence-electron chi connectivity index (χ3n) is 13.3. The molecule has 276 valence electrons. The van der Waals surface area contributed by atoms with Gasteiger partial charge in [0.2, 0.25) is 0 Å². The van der Waals surface area contributed by atoms with E-state index in [1.165, 1.54) is 108 Å². The number of benzene rings is 10. The van der Waals surface area contributed by atoms with Gasteiger partial charge in [-0.15, -0.1) is 11.3 Å². The third-order valence-corrected chi connectivity index (χ3v) is 14.4. The van der Waals surface area contributed by atoms with Crippen LogP contribution in [-0.4, -0.2) is 0 Å². The molecule has 2 aromatic heterocycles. The minimum absolute atomic E-state index is 0.0217. The monoisotopic (exact) mass is 768 g/mol. The zero-order valence-electron chi connectivity index (χ0n) is 32.6. The number of thiophene rings is 1. The van der Waals surface area contributed by atoms with Gasteiger partial charge >= 0.3 is 0 Å². The third kappa shape index (κ3) is 4.55. The molecule has 59 heavy (non-hydrogen) atoms. The highest BCUT2D eigenvalue weighted by Crippen LogP contribution is 2.55. The minimum Gasteiger partial charge on any atom is -0.456 e. The van der Waals surface area contributed by atoms with Gasteiger partial charge in [0.15, 0.2) is 0 Å². The first-order valence-electron chi connectivity index (χ1n) is 20.5. The van der Waals surface area contributed by atoms with Gasteiger partial charge in [0.1, 0.15) is 11.2 Å². The van der Waals surface area contributed by atoms with Gasteiger partial charge in [-0.3, -0.25) is 0 Å². The molecule has 0 unspecified atom stereocenters. The average molecular weight is 769 g/mol. The molecule has 0 bridgehead atoms. The van der Waals surface area contributed by atoms with Crippen molar-refractivity contribution in [3.05, 3.63) is 193 Å². The van der Waals surface area contributed by atoms with Crippen molar-refractivity contribution in [2.24, 2.45) is 0 Å². The lowest BCUT2D eigenvalue weighted by molar-refractivity contribution is 0.661. The molecule has 12 aromatic rings. The fourth-order valence-electron chi connectivity index (χ4n) is 10.6. The Kier molecular flexibility index (Phi) is 6.73. The molecule has 0 saturated carbocycles. The molecule has 0 saturated heterocycles. The molecular formula is C57H36OS. The molecule has 2 heterocycles. The Morgan fingerprint density at radius 1 is 0.373 bits per heavy atom. The highest BCUT2D eigenvalue weighted by molar-refractivity contribution is 7.26. The number of para-hydroxylation sites is 1. The van der Waals surface area contributed by atoms with Crippen molar-refractivity contribution in [3.8, 4) is 44.5 Å². The first kappa shape index (κ1) is 33.0. The summed E-state index contributed by atoms with van der Waals surface area (Å²) in [4.78, 5) is 0. The van der Waals surface area contributed by atoms with Crippen LogP contribution < -0.4 is 0 Å². The van der Waals surface area contributed by atoms with Crippen LogP contribution in [0.3, 0.4) is 0 Å². The molecule has 2 heteroatoms. The van der Waals surface area contributed by atoms with Crippen molar-refractivity contribution in [2.45, 2.75) is 19.3 Å². The quantitative estimate of drug-likeness (QED) is 0.163. The van der Waals surface area contributed by atoms with Gasteiger partial charge in [-0.25, -0.2) is 0 Å². The molecule has 10 aromatic carbocycles. The number of rotatable bonds is 3. The number of fused-ring (bicyclic) bond motifs is 14. The maximum atomic E-state index is 6.23. The average Bonchev–Trinajstić information content (AvgIpc) is 3.92. The van der Waals surface area contributed by atoms with E-state index < -0.39 is 0 Å². The van der Waals surface area contributed by atoms with E-state index in [1.54, 1.807) is 0 Å². The maximum absolute atomic E-state index is 6.23. The zero-order valence-corrected chi connectivity index (χ0v) is 33.5. The predicted molar refractivity (Wildman–Crippen MR) is 253 cm³/mol. The number of hydrogen-bond donors (Lipinski definition) is 0. The van der Waals surface area contributed by atoms with Gasteiger partial charge < -0.3 is 4.42 Å². The van der Waals surface area contributed by atoms with Crippen LogP contribution in [0.4, 0.5) is 0 Å². The van der Waals surface area contributed by atoms with Crippen LogP contribution in [0.5, 0.6) is 0 Å². The van der Waals surface area contributed by atoms with Crippen LogP contribution in [0.25, 0.3) is 119 Å². The molecule has 0 N–H and O–H groups in total. The van der Waals surface area contributed by atoms with E-state index in [2.05, 4.69) is 190 Å². The first-order chi connectivity index (χ1) is 29.0. The Hall–Kier alpha value is -7.00. The highest BCUT2D eigenvalue weighted by Gasteiger charge is 2.37. The Balaban J connectivity index is 0.988. The molecule has 1 nitrogen and oxygen atoms in total. The molecule has 13 rings (SSSR count). The Morgan fingerprint density at radius 2 is 0.932 bits per heavy atom. The second-order valence-electron chi connectivity index (χ2n) is 16.7. The van der Waals surface area contributed by atoms with E-state index in [0.29, 0.717) is 0 Å². The summed E-state index contributed by atoms with van der Waals surface area (Å²) in [6.07, 6.45) is 0. The van der Waals surface area contributed by atoms with Gasteiger partial charge in [-0.2, -0.15) is 0 Å². The second kappa shape index (κ2) is 12.0. The van der Waals surface area contributed by atoms with Crippen molar-refractivity contribution in [1.29, 1.82) is 0 Å². The van der Waals surface area contributed by atoms with E-state index in [0.717, 1.165) is 21.9 Å². The Bertz CT molecular complexity index is 3690. The van der Waals surface area contributed by atoms with Gasteiger partial charge in [-0.1, -0.05) is 172 Å². The van der Waals surface area contributed by atoms with Gasteiger partial charge in [0.05, 0.1) is 0 Å². The SMILES string of the molecule is CC1(C)c2ccccc2-c2c1ccc1c2sc2cc(-c3ccc(-c4c5ccccc5c(-c5ccc6oc7ccccc7c6c5)c5ccccc45)cc3)c3ccccc3c21. The normalized spacial score (nSPS) is 13.4. The van der Waals surface area contributed by atoms with Crippen LogP contribution >= 0.6 is 11.3 Å². The van der Waals surface area contributed by atoms with Crippen molar-refractivity contribution >= 4 is 85.8 Å². The molecule has 1 aliphatic carbocycles. The van der Waals surface area contributed by atoms with Gasteiger partial charge in [-0.05, 0) is 107 Å². The summed E-state index contributed by atoms with van der Waals surface area (Å²) in [6, 6.07) is 67.4.